The van der Waals surface area contributed by atoms with E-state index in [0.29, 0.717) is 0 Å². The van der Waals surface area contributed by atoms with Crippen LogP contribution in [0.3, 0.4) is 0 Å². The third-order valence-electron chi connectivity index (χ3n) is 2.59. The van der Waals surface area contributed by atoms with Crippen LogP contribution in [0.1, 0.15) is 11.1 Å². The standard InChI is InChI=1S/C14H6ClN3O3/c15-11-2-1-3-13(10(11)8-17)21-14-5-4-9(7-16)6-12(14)18(19)20/h1-6H. The molecule has 0 spiro atoms. The van der Waals surface area contributed by atoms with Crippen molar-refractivity contribution in [2.24, 2.45) is 0 Å². The van der Waals surface area contributed by atoms with E-state index in [-0.39, 0.29) is 33.3 Å². The van der Waals surface area contributed by atoms with E-state index in [9.17, 15) is 10.1 Å². The first-order chi connectivity index (χ1) is 10.1. The summed E-state index contributed by atoms with van der Waals surface area (Å²) in [6, 6.07) is 12.0. The maximum atomic E-state index is 11.0. The topological polar surface area (TPSA) is 99.9 Å². The first kappa shape index (κ1) is 14.3. The molecule has 7 heteroatoms. The minimum absolute atomic E-state index is 0.0715. The molecule has 0 fully saturated rings. The first-order valence-electron chi connectivity index (χ1n) is 5.62. The predicted molar refractivity (Wildman–Crippen MR) is 74.1 cm³/mol. The number of hydrogen-bond acceptors (Lipinski definition) is 5. The van der Waals surface area contributed by atoms with E-state index in [4.69, 9.17) is 26.9 Å². The van der Waals surface area contributed by atoms with Gasteiger partial charge in [0.1, 0.15) is 17.4 Å². The molecule has 2 aromatic rings. The van der Waals surface area contributed by atoms with E-state index < -0.39 is 4.92 Å². The Morgan fingerprint density at radius 2 is 1.90 bits per heavy atom. The number of nitrogens with zero attached hydrogens (tertiary/aromatic N) is 3. The molecule has 21 heavy (non-hydrogen) atoms. The molecule has 0 saturated carbocycles. The van der Waals surface area contributed by atoms with Gasteiger partial charge >= 0.3 is 5.69 Å². The van der Waals surface area contributed by atoms with Gasteiger partial charge in [-0.3, -0.25) is 10.1 Å². The highest BCUT2D eigenvalue weighted by Crippen LogP contribution is 2.35. The van der Waals surface area contributed by atoms with Crippen molar-refractivity contribution in [1.29, 1.82) is 10.5 Å². The van der Waals surface area contributed by atoms with Crippen LogP contribution < -0.4 is 4.74 Å². The van der Waals surface area contributed by atoms with Crippen LogP contribution in [0, 0.1) is 32.8 Å². The van der Waals surface area contributed by atoms with Crippen molar-refractivity contribution < 1.29 is 9.66 Å². The summed E-state index contributed by atoms with van der Waals surface area (Å²) in [5, 5.41) is 29.0. The zero-order valence-corrected chi connectivity index (χ0v) is 11.2. The normalized spacial score (nSPS) is 9.48. The second-order valence-electron chi connectivity index (χ2n) is 3.88. The molecule has 0 N–H and O–H groups in total. The lowest BCUT2D eigenvalue weighted by Crippen LogP contribution is -1.96. The monoisotopic (exact) mass is 299 g/mol. The third-order valence-corrected chi connectivity index (χ3v) is 2.91. The van der Waals surface area contributed by atoms with E-state index in [1.807, 2.05) is 12.1 Å². The Hall–Kier alpha value is -3.09. The largest absolute Gasteiger partial charge is 0.449 e. The van der Waals surface area contributed by atoms with E-state index in [0.717, 1.165) is 6.07 Å². The van der Waals surface area contributed by atoms with Crippen LogP contribution in [0.2, 0.25) is 5.02 Å². The van der Waals surface area contributed by atoms with Crippen LogP contribution in [0.25, 0.3) is 0 Å². The predicted octanol–water partition coefficient (Wildman–Crippen LogP) is 3.78. The van der Waals surface area contributed by atoms with Crippen molar-refractivity contribution in [2.45, 2.75) is 0 Å². The highest BCUT2D eigenvalue weighted by atomic mass is 35.5. The molecule has 0 amide bonds. The molecule has 0 aliphatic heterocycles. The fraction of sp³-hybridized carbons (Fsp3) is 0. The van der Waals surface area contributed by atoms with Gasteiger partial charge in [-0.25, -0.2) is 0 Å². The molecule has 6 nitrogen and oxygen atoms in total. The molecule has 0 unspecified atom stereocenters. The Kier molecular flexibility index (Phi) is 4.03. The number of nitro groups is 1. The Labute approximate surface area is 124 Å². The minimum atomic E-state index is -0.660. The second-order valence-corrected chi connectivity index (χ2v) is 4.29. The van der Waals surface area contributed by atoms with Crippen molar-refractivity contribution in [1.82, 2.24) is 0 Å². The van der Waals surface area contributed by atoms with E-state index in [2.05, 4.69) is 0 Å². The summed E-state index contributed by atoms with van der Waals surface area (Å²) in [7, 11) is 0. The summed E-state index contributed by atoms with van der Waals surface area (Å²) in [5.74, 6) is 0.0376. The highest BCUT2D eigenvalue weighted by molar-refractivity contribution is 6.31. The van der Waals surface area contributed by atoms with Crippen molar-refractivity contribution in [3.8, 4) is 23.6 Å². The van der Waals surface area contributed by atoms with Crippen molar-refractivity contribution in [3.63, 3.8) is 0 Å². The zero-order valence-electron chi connectivity index (χ0n) is 10.4. The van der Waals surface area contributed by atoms with Gasteiger partial charge < -0.3 is 4.74 Å². The van der Waals surface area contributed by atoms with Gasteiger partial charge in [0.25, 0.3) is 0 Å². The highest BCUT2D eigenvalue weighted by Gasteiger charge is 2.18. The van der Waals surface area contributed by atoms with Gasteiger partial charge in [-0.05, 0) is 24.3 Å². The van der Waals surface area contributed by atoms with Crippen LogP contribution in [-0.4, -0.2) is 4.92 Å². The Balaban J connectivity index is 2.51. The maximum absolute atomic E-state index is 11.0. The smallest absolute Gasteiger partial charge is 0.312 e. The Bertz CT molecular complexity index is 806. The molecule has 2 aromatic carbocycles. The van der Waals surface area contributed by atoms with Crippen LogP contribution in [-0.2, 0) is 0 Å². The average molecular weight is 300 g/mol. The third kappa shape index (κ3) is 2.92. The molecular weight excluding hydrogens is 294 g/mol. The first-order valence-corrected chi connectivity index (χ1v) is 5.99. The van der Waals surface area contributed by atoms with Gasteiger partial charge in [0.15, 0.2) is 0 Å². The van der Waals surface area contributed by atoms with Gasteiger partial charge in [-0.15, -0.1) is 0 Å². The lowest BCUT2D eigenvalue weighted by molar-refractivity contribution is -0.385. The molecule has 0 aliphatic carbocycles. The van der Waals surface area contributed by atoms with Gasteiger partial charge in [-0.1, -0.05) is 17.7 Å². The molecule has 0 saturated heterocycles. The molecule has 0 heterocycles. The molecule has 0 radical (unpaired) electrons. The van der Waals surface area contributed by atoms with Gasteiger partial charge in [0.2, 0.25) is 5.75 Å². The summed E-state index contributed by atoms with van der Waals surface area (Å²) >= 11 is 5.87. The minimum Gasteiger partial charge on any atom is -0.449 e. The van der Waals surface area contributed by atoms with Crippen molar-refractivity contribution in [3.05, 3.63) is 62.7 Å². The summed E-state index contributed by atoms with van der Waals surface area (Å²) in [6.45, 7) is 0. The molecule has 102 valence electrons. The summed E-state index contributed by atoms with van der Waals surface area (Å²) in [4.78, 5) is 10.4. The fourth-order valence-corrected chi connectivity index (χ4v) is 1.84. The quantitative estimate of drug-likeness (QED) is 0.634. The average Bonchev–Trinajstić information content (AvgIpc) is 2.47. The fourth-order valence-electron chi connectivity index (χ4n) is 1.63. The van der Waals surface area contributed by atoms with Crippen molar-refractivity contribution >= 4 is 17.3 Å². The summed E-state index contributed by atoms with van der Waals surface area (Å²) in [6.07, 6.45) is 0. The maximum Gasteiger partial charge on any atom is 0.312 e. The number of ether oxygens (including phenoxy) is 1. The molecule has 0 aromatic heterocycles. The molecule has 0 atom stereocenters. The Morgan fingerprint density at radius 1 is 1.14 bits per heavy atom. The van der Waals surface area contributed by atoms with Gasteiger partial charge in [0, 0.05) is 6.07 Å². The summed E-state index contributed by atoms with van der Waals surface area (Å²) in [5.41, 5.74) is -0.142. The van der Waals surface area contributed by atoms with Crippen LogP contribution >= 0.6 is 11.6 Å². The SMILES string of the molecule is N#Cc1ccc(Oc2cccc(Cl)c2C#N)c([N+](=O)[O-])c1. The number of nitriles is 2. The van der Waals surface area contributed by atoms with E-state index in [1.54, 1.807) is 6.07 Å². The van der Waals surface area contributed by atoms with Crippen LogP contribution in [0.5, 0.6) is 11.5 Å². The van der Waals surface area contributed by atoms with Crippen LogP contribution in [0.4, 0.5) is 5.69 Å². The zero-order chi connectivity index (χ0) is 15.4. The lowest BCUT2D eigenvalue weighted by Gasteiger charge is -2.08. The summed E-state index contributed by atoms with van der Waals surface area (Å²) < 4.78 is 5.42. The lowest BCUT2D eigenvalue weighted by atomic mass is 10.2. The van der Waals surface area contributed by atoms with Crippen molar-refractivity contribution in [2.75, 3.05) is 0 Å². The molecule has 2 rings (SSSR count). The van der Waals surface area contributed by atoms with Crippen LogP contribution in [0.15, 0.2) is 36.4 Å². The molecule has 0 aliphatic rings. The number of rotatable bonds is 3. The van der Waals surface area contributed by atoms with E-state index >= 15 is 0 Å². The van der Waals surface area contributed by atoms with Gasteiger partial charge in [-0.2, -0.15) is 10.5 Å². The van der Waals surface area contributed by atoms with E-state index in [1.165, 1.54) is 24.3 Å². The van der Waals surface area contributed by atoms with Gasteiger partial charge in [0.05, 0.1) is 21.6 Å². The number of hydrogen-bond donors (Lipinski definition) is 0. The second kappa shape index (κ2) is 5.91. The Morgan fingerprint density at radius 3 is 2.52 bits per heavy atom. The number of benzene rings is 2. The number of nitro benzene ring substituents is 1. The number of halogens is 1. The molecular formula is C14H6ClN3O3. The molecule has 0 bridgehead atoms.